The molecule has 6 heteroatoms. The number of hydrogen-bond acceptors (Lipinski definition) is 6. The topological polar surface area (TPSA) is 85.4 Å². The minimum atomic E-state index is -0.795. The van der Waals surface area contributed by atoms with Crippen molar-refractivity contribution in [1.29, 1.82) is 0 Å². The summed E-state index contributed by atoms with van der Waals surface area (Å²) in [6.07, 6.45) is 43.8. The third-order valence-electron chi connectivity index (χ3n) is 9.88. The van der Waals surface area contributed by atoms with E-state index in [1.807, 2.05) is 0 Å². The van der Waals surface area contributed by atoms with E-state index >= 15 is 0 Å². The Kier molecular flexibility index (Phi) is 31.5. The molecule has 0 amide bonds. The molecule has 1 saturated heterocycles. The van der Waals surface area contributed by atoms with E-state index in [1.54, 1.807) is 0 Å². The molecule has 0 saturated carbocycles. The zero-order chi connectivity index (χ0) is 36.3. The highest BCUT2D eigenvalue weighted by Gasteiger charge is 2.35. The van der Waals surface area contributed by atoms with Crippen molar-refractivity contribution in [3.8, 4) is 0 Å². The summed E-state index contributed by atoms with van der Waals surface area (Å²) < 4.78 is 16.3. The predicted octanol–water partition coefficient (Wildman–Crippen LogP) is 12.1. The molecule has 0 aliphatic carbocycles. The molecule has 1 aliphatic heterocycles. The normalized spacial score (nSPS) is 17.2. The van der Waals surface area contributed by atoms with Crippen LogP contribution in [0.1, 0.15) is 194 Å². The first-order valence-corrected chi connectivity index (χ1v) is 21.1. The van der Waals surface area contributed by atoms with Crippen LogP contribution in [-0.2, 0) is 23.8 Å². The highest BCUT2D eigenvalue weighted by molar-refractivity contribution is 5.70. The third kappa shape index (κ3) is 29.8. The third-order valence-corrected chi connectivity index (χ3v) is 9.88. The Morgan fingerprint density at radius 2 is 1.16 bits per heavy atom. The molecule has 0 spiro atoms. The van der Waals surface area contributed by atoms with Gasteiger partial charge in [-0.25, -0.2) is 0 Å². The van der Waals surface area contributed by atoms with Gasteiger partial charge >= 0.3 is 11.9 Å². The highest BCUT2D eigenvalue weighted by atomic mass is 16.6. The van der Waals surface area contributed by atoms with Crippen LogP contribution in [0, 0.1) is 5.92 Å². The zero-order valence-electron chi connectivity index (χ0n) is 32.8. The van der Waals surface area contributed by atoms with Crippen molar-refractivity contribution in [2.24, 2.45) is 5.92 Å². The molecule has 0 bridgehead atoms. The first-order chi connectivity index (χ1) is 24.5. The fraction of sp³-hybridized carbons (Fsp3) is 0.818. The molecule has 1 fully saturated rings. The van der Waals surface area contributed by atoms with Crippen LogP contribution in [0.5, 0.6) is 0 Å². The van der Waals surface area contributed by atoms with E-state index in [4.69, 9.17) is 14.2 Å². The maximum absolute atomic E-state index is 12.2. The van der Waals surface area contributed by atoms with Gasteiger partial charge in [-0.15, -0.1) is 0 Å². The maximum atomic E-state index is 12.2. The molecule has 4 atom stereocenters. The van der Waals surface area contributed by atoms with E-state index in [0.717, 1.165) is 50.9 Å². The van der Waals surface area contributed by atoms with Gasteiger partial charge in [-0.1, -0.05) is 166 Å². The molecule has 1 N–H and O–H groups in total. The Bertz CT molecular complexity index is 880. The second-order valence-corrected chi connectivity index (χ2v) is 14.7. The van der Waals surface area contributed by atoms with E-state index in [9.17, 15) is 14.7 Å². The van der Waals surface area contributed by atoms with Gasteiger partial charge in [0.05, 0.1) is 18.8 Å². The molecule has 6 nitrogen and oxygen atoms in total. The molecule has 1 rings (SSSR count). The van der Waals surface area contributed by atoms with Crippen LogP contribution >= 0.6 is 0 Å². The van der Waals surface area contributed by atoms with Crippen molar-refractivity contribution in [3.05, 3.63) is 36.5 Å². The van der Waals surface area contributed by atoms with Crippen molar-refractivity contribution in [3.63, 3.8) is 0 Å². The van der Waals surface area contributed by atoms with Crippen molar-refractivity contribution in [1.82, 2.24) is 0 Å². The van der Waals surface area contributed by atoms with Gasteiger partial charge in [0.2, 0.25) is 0 Å². The molecule has 3 unspecified atom stereocenters. The number of unbranched alkanes of at least 4 members (excludes halogenated alkanes) is 17. The molecule has 290 valence electrons. The van der Waals surface area contributed by atoms with Gasteiger partial charge in [-0.3, -0.25) is 9.59 Å². The second-order valence-electron chi connectivity index (χ2n) is 14.7. The van der Waals surface area contributed by atoms with Gasteiger partial charge < -0.3 is 19.3 Å². The van der Waals surface area contributed by atoms with Crippen LogP contribution < -0.4 is 0 Å². The lowest BCUT2D eigenvalue weighted by atomic mass is 9.99. The van der Waals surface area contributed by atoms with E-state index in [1.165, 1.54) is 109 Å². The van der Waals surface area contributed by atoms with Gasteiger partial charge in [-0.2, -0.15) is 0 Å². The summed E-state index contributed by atoms with van der Waals surface area (Å²) in [6.45, 7) is 6.45. The average Bonchev–Trinajstić information content (AvgIpc) is 3.88. The van der Waals surface area contributed by atoms with E-state index in [-0.39, 0.29) is 25.2 Å². The number of epoxide rings is 1. The number of hydrogen-bond donors (Lipinski definition) is 1. The minimum absolute atomic E-state index is 0.0963. The Balaban J connectivity index is 1.90. The average molecular weight is 703 g/mol. The number of esters is 2. The molecule has 1 heterocycles. The van der Waals surface area contributed by atoms with Crippen LogP contribution in [-0.4, -0.2) is 48.6 Å². The van der Waals surface area contributed by atoms with Crippen molar-refractivity contribution >= 4 is 11.9 Å². The van der Waals surface area contributed by atoms with Crippen molar-refractivity contribution < 1.29 is 28.9 Å². The molecule has 0 aromatic rings. The monoisotopic (exact) mass is 703 g/mol. The van der Waals surface area contributed by atoms with Crippen LogP contribution in [0.4, 0.5) is 0 Å². The van der Waals surface area contributed by atoms with E-state index in [2.05, 4.69) is 57.2 Å². The Morgan fingerprint density at radius 3 is 1.76 bits per heavy atom. The van der Waals surface area contributed by atoms with Gasteiger partial charge in [0.15, 0.2) is 6.10 Å². The lowest BCUT2D eigenvalue weighted by Gasteiger charge is -2.15. The molecule has 0 aromatic carbocycles. The van der Waals surface area contributed by atoms with E-state index in [0.29, 0.717) is 31.5 Å². The number of carbonyl (C=O) groups is 2. The molecule has 0 radical (unpaired) electrons. The largest absolute Gasteiger partial charge is 0.462 e. The van der Waals surface area contributed by atoms with Gasteiger partial charge in [0.25, 0.3) is 0 Å². The summed E-state index contributed by atoms with van der Waals surface area (Å²) in [4.78, 5) is 24.3. The Morgan fingerprint density at radius 1 is 0.640 bits per heavy atom. The lowest BCUT2D eigenvalue weighted by Crippen LogP contribution is -2.28. The maximum Gasteiger partial charge on any atom is 0.306 e. The first-order valence-electron chi connectivity index (χ1n) is 21.1. The number of ether oxygens (including phenoxy) is 3. The quantitative estimate of drug-likeness (QED) is 0.0303. The summed E-state index contributed by atoms with van der Waals surface area (Å²) in [6, 6.07) is 0. The van der Waals surface area contributed by atoms with E-state index < -0.39 is 6.10 Å². The van der Waals surface area contributed by atoms with Crippen LogP contribution in [0.25, 0.3) is 0 Å². The Labute approximate surface area is 308 Å². The number of aliphatic hydroxyl groups excluding tert-OH is 1. The molecule has 1 aliphatic rings. The predicted molar refractivity (Wildman–Crippen MR) is 209 cm³/mol. The molecular formula is C44H78O6. The standard InChI is InChI=1S/C44H78O6/c1-4-6-7-8-23-28-33-41-42(50-41)34-29-24-19-17-21-25-30-35-43(46)48-38-40(37-45)49-44(47)36-31-26-20-16-14-12-10-9-11-13-15-18-22-27-32-39(3)5-2/h17,21,23-24,28-29,39-42,45H,4-16,18-20,22,25-27,30-38H2,1-3H3/b21-17-,28-23-,29-24-/t39?,40-,41?,42?/m0/s1. The summed E-state index contributed by atoms with van der Waals surface area (Å²) >= 11 is 0. The highest BCUT2D eigenvalue weighted by Crippen LogP contribution is 2.29. The van der Waals surface area contributed by atoms with Crippen molar-refractivity contribution in [2.75, 3.05) is 13.2 Å². The number of aliphatic hydroxyl groups is 1. The van der Waals surface area contributed by atoms with Crippen LogP contribution in [0.15, 0.2) is 36.5 Å². The first kappa shape index (κ1) is 46.1. The number of carbonyl (C=O) groups excluding carboxylic acids is 2. The number of allylic oxidation sites excluding steroid dienone is 4. The fourth-order valence-corrected chi connectivity index (χ4v) is 6.15. The van der Waals surface area contributed by atoms with Crippen LogP contribution in [0.3, 0.4) is 0 Å². The second kappa shape index (κ2) is 34.2. The van der Waals surface area contributed by atoms with Crippen molar-refractivity contribution in [2.45, 2.75) is 212 Å². The molecule has 50 heavy (non-hydrogen) atoms. The lowest BCUT2D eigenvalue weighted by molar-refractivity contribution is -0.161. The number of rotatable bonds is 36. The van der Waals surface area contributed by atoms with Gasteiger partial charge in [0.1, 0.15) is 6.61 Å². The summed E-state index contributed by atoms with van der Waals surface area (Å²) in [7, 11) is 0. The summed E-state index contributed by atoms with van der Waals surface area (Å²) in [5, 5.41) is 9.57. The minimum Gasteiger partial charge on any atom is -0.462 e. The summed E-state index contributed by atoms with van der Waals surface area (Å²) in [5.74, 6) is 0.239. The van der Waals surface area contributed by atoms with Gasteiger partial charge in [-0.05, 0) is 57.3 Å². The zero-order valence-corrected chi connectivity index (χ0v) is 32.8. The SMILES string of the molecule is CCCCC/C=C\CC1OC1C/C=C\C/C=C\CCCC(=O)OC[C@H](CO)OC(=O)CCCCCCCCCCCCCCCCC(C)CC. The Hall–Kier alpha value is -1.92. The van der Waals surface area contributed by atoms with Crippen LogP contribution in [0.2, 0.25) is 0 Å². The molecular weight excluding hydrogens is 624 g/mol. The summed E-state index contributed by atoms with van der Waals surface area (Å²) in [5.41, 5.74) is 0. The van der Waals surface area contributed by atoms with Gasteiger partial charge in [0, 0.05) is 12.8 Å². The smallest absolute Gasteiger partial charge is 0.306 e. The fourth-order valence-electron chi connectivity index (χ4n) is 6.15. The molecule has 0 aromatic heterocycles.